The van der Waals surface area contributed by atoms with Crippen molar-refractivity contribution in [1.82, 2.24) is 0 Å². The van der Waals surface area contributed by atoms with Crippen molar-refractivity contribution >= 4 is 0 Å². The van der Waals surface area contributed by atoms with Crippen LogP contribution in [-0.2, 0) is 6.61 Å². The average Bonchev–Trinajstić information content (AvgIpc) is 2.74. The molecule has 0 amide bonds. The molecule has 1 fully saturated rings. The first-order valence-corrected chi connectivity index (χ1v) is 5.65. The Bertz CT molecular complexity index is 419. The van der Waals surface area contributed by atoms with Crippen LogP contribution in [0.3, 0.4) is 0 Å². The Hall–Kier alpha value is -1.33. The van der Waals surface area contributed by atoms with Gasteiger partial charge in [0, 0.05) is 0 Å². The molecular formula is C14H15NO. The van der Waals surface area contributed by atoms with Gasteiger partial charge >= 0.3 is 0 Å². The molecule has 2 unspecified atom stereocenters. The van der Waals surface area contributed by atoms with E-state index in [1.165, 1.54) is 0 Å². The normalized spacial score (nSPS) is 24.3. The fourth-order valence-corrected chi connectivity index (χ4v) is 2.47. The monoisotopic (exact) mass is 213 g/mol. The van der Waals surface area contributed by atoms with Crippen LogP contribution in [0, 0.1) is 24.2 Å². The zero-order chi connectivity index (χ0) is 11.5. The van der Waals surface area contributed by atoms with E-state index in [0.717, 1.165) is 24.8 Å². The van der Waals surface area contributed by atoms with Gasteiger partial charge in [-0.25, -0.2) is 0 Å². The number of aliphatic hydroxyl groups is 1. The number of aliphatic hydroxyl groups excluding tert-OH is 1. The second-order valence-electron chi connectivity index (χ2n) is 4.39. The third-order valence-corrected chi connectivity index (χ3v) is 3.42. The number of nitriles is 1. The standard InChI is InChI=1S/C14H15NO/c1-10-3-2-4-14(10)11-5-6-12(9-16)13(7-11)8-15/h1,5-7,10,14,16H,2-4,9H2. The van der Waals surface area contributed by atoms with E-state index in [2.05, 4.69) is 6.07 Å². The molecule has 2 atom stereocenters. The highest BCUT2D eigenvalue weighted by atomic mass is 16.3. The summed E-state index contributed by atoms with van der Waals surface area (Å²) in [4.78, 5) is 0. The Labute approximate surface area is 96.5 Å². The van der Waals surface area contributed by atoms with Crippen molar-refractivity contribution in [2.75, 3.05) is 0 Å². The van der Waals surface area contributed by atoms with E-state index < -0.39 is 0 Å². The summed E-state index contributed by atoms with van der Waals surface area (Å²) in [5.41, 5.74) is 2.40. The van der Waals surface area contributed by atoms with Crippen LogP contribution in [-0.4, -0.2) is 5.11 Å². The quantitative estimate of drug-likeness (QED) is 0.820. The summed E-state index contributed by atoms with van der Waals surface area (Å²) in [6.07, 6.45) is 3.33. The van der Waals surface area contributed by atoms with Gasteiger partial charge in [-0.2, -0.15) is 5.26 Å². The van der Waals surface area contributed by atoms with Crippen LogP contribution in [0.5, 0.6) is 0 Å². The fourth-order valence-electron chi connectivity index (χ4n) is 2.47. The van der Waals surface area contributed by atoms with E-state index in [0.29, 0.717) is 17.0 Å². The molecule has 1 N–H and O–H groups in total. The molecule has 1 aliphatic carbocycles. The van der Waals surface area contributed by atoms with Crippen molar-refractivity contribution in [2.45, 2.75) is 31.8 Å². The maximum atomic E-state index is 9.08. The zero-order valence-corrected chi connectivity index (χ0v) is 9.19. The molecule has 1 saturated carbocycles. The highest BCUT2D eigenvalue weighted by Crippen LogP contribution is 2.39. The lowest BCUT2D eigenvalue weighted by Crippen LogP contribution is -2.03. The molecule has 16 heavy (non-hydrogen) atoms. The van der Waals surface area contributed by atoms with Crippen molar-refractivity contribution in [1.29, 1.82) is 5.26 Å². The molecule has 2 rings (SSSR count). The van der Waals surface area contributed by atoms with Gasteiger partial charge in [-0.05, 0) is 48.8 Å². The maximum Gasteiger partial charge on any atom is 0.0995 e. The lowest BCUT2D eigenvalue weighted by Gasteiger charge is -2.16. The van der Waals surface area contributed by atoms with Crippen LogP contribution < -0.4 is 0 Å². The summed E-state index contributed by atoms with van der Waals surface area (Å²) >= 11 is 0. The highest BCUT2D eigenvalue weighted by Gasteiger charge is 2.25. The third-order valence-electron chi connectivity index (χ3n) is 3.42. The molecule has 0 spiro atoms. The van der Waals surface area contributed by atoms with Gasteiger partial charge in [-0.3, -0.25) is 0 Å². The first-order valence-electron chi connectivity index (χ1n) is 5.65. The van der Waals surface area contributed by atoms with Gasteiger partial charge in [0.1, 0.15) is 0 Å². The Balaban J connectivity index is 2.33. The largest absolute Gasteiger partial charge is 0.392 e. The number of rotatable bonds is 2. The van der Waals surface area contributed by atoms with Crippen LogP contribution in [0.25, 0.3) is 0 Å². The summed E-state index contributed by atoms with van der Waals surface area (Å²) in [6, 6.07) is 7.82. The SMILES string of the molecule is [CH]C1CCCC1c1ccc(CO)c(C#N)c1. The van der Waals surface area contributed by atoms with Gasteiger partial charge in [-0.1, -0.05) is 18.6 Å². The first-order chi connectivity index (χ1) is 7.76. The minimum Gasteiger partial charge on any atom is -0.392 e. The Morgan fingerprint density at radius 3 is 2.81 bits per heavy atom. The van der Waals surface area contributed by atoms with E-state index in [1.54, 1.807) is 0 Å². The van der Waals surface area contributed by atoms with Crippen LogP contribution in [0.1, 0.15) is 41.9 Å². The molecule has 0 saturated heterocycles. The lowest BCUT2D eigenvalue weighted by atomic mass is 9.88. The van der Waals surface area contributed by atoms with Gasteiger partial charge in [0.2, 0.25) is 0 Å². The highest BCUT2D eigenvalue weighted by molar-refractivity contribution is 5.41. The fraction of sp³-hybridized carbons (Fsp3) is 0.429. The molecular weight excluding hydrogens is 198 g/mol. The summed E-state index contributed by atoms with van der Waals surface area (Å²) in [6.45, 7) is 5.96. The van der Waals surface area contributed by atoms with E-state index in [-0.39, 0.29) is 12.5 Å². The average molecular weight is 213 g/mol. The summed E-state index contributed by atoms with van der Waals surface area (Å²) in [5, 5.41) is 18.1. The van der Waals surface area contributed by atoms with E-state index in [1.807, 2.05) is 18.2 Å². The number of nitrogens with zero attached hydrogens (tertiary/aromatic N) is 1. The molecule has 2 heteroatoms. The number of benzene rings is 1. The molecule has 1 aliphatic rings. The van der Waals surface area contributed by atoms with Gasteiger partial charge in [0.15, 0.2) is 0 Å². The topological polar surface area (TPSA) is 44.0 Å². The second kappa shape index (κ2) is 4.67. The Morgan fingerprint density at radius 1 is 1.44 bits per heavy atom. The summed E-state index contributed by atoms with van der Waals surface area (Å²) < 4.78 is 0. The Kier molecular flexibility index (Phi) is 3.26. The predicted octanol–water partition coefficient (Wildman–Crippen LogP) is 2.65. The zero-order valence-electron chi connectivity index (χ0n) is 9.19. The molecule has 0 aromatic heterocycles. The van der Waals surface area contributed by atoms with Crippen LogP contribution in [0.4, 0.5) is 0 Å². The Morgan fingerprint density at radius 2 is 2.25 bits per heavy atom. The van der Waals surface area contributed by atoms with E-state index in [4.69, 9.17) is 17.3 Å². The van der Waals surface area contributed by atoms with Gasteiger partial charge in [0.05, 0.1) is 18.2 Å². The van der Waals surface area contributed by atoms with Crippen molar-refractivity contribution in [3.8, 4) is 6.07 Å². The molecule has 0 bridgehead atoms. The lowest BCUT2D eigenvalue weighted by molar-refractivity contribution is 0.281. The number of hydrogen-bond donors (Lipinski definition) is 1. The van der Waals surface area contributed by atoms with Gasteiger partial charge < -0.3 is 5.11 Å². The van der Waals surface area contributed by atoms with E-state index >= 15 is 0 Å². The number of hydrogen-bond acceptors (Lipinski definition) is 2. The summed E-state index contributed by atoms with van der Waals surface area (Å²) in [7, 11) is 0. The van der Waals surface area contributed by atoms with Crippen LogP contribution in [0.2, 0.25) is 0 Å². The van der Waals surface area contributed by atoms with Crippen molar-refractivity contribution in [3.05, 3.63) is 41.8 Å². The van der Waals surface area contributed by atoms with Crippen molar-refractivity contribution in [2.24, 2.45) is 5.92 Å². The molecule has 2 radical (unpaired) electrons. The van der Waals surface area contributed by atoms with Crippen molar-refractivity contribution in [3.63, 3.8) is 0 Å². The van der Waals surface area contributed by atoms with Crippen LogP contribution in [0.15, 0.2) is 18.2 Å². The maximum absolute atomic E-state index is 9.08. The van der Waals surface area contributed by atoms with Crippen LogP contribution >= 0.6 is 0 Å². The molecule has 2 nitrogen and oxygen atoms in total. The minimum absolute atomic E-state index is 0.0834. The minimum atomic E-state index is -0.0834. The molecule has 1 aromatic rings. The summed E-state index contributed by atoms with van der Waals surface area (Å²) in [5.74, 6) is 0.589. The molecule has 82 valence electrons. The molecule has 0 heterocycles. The molecule has 0 aliphatic heterocycles. The predicted molar refractivity (Wildman–Crippen MR) is 61.5 cm³/mol. The first kappa shape index (κ1) is 11.2. The molecule has 1 aromatic carbocycles. The van der Waals surface area contributed by atoms with Crippen molar-refractivity contribution < 1.29 is 5.11 Å². The third kappa shape index (κ3) is 1.96. The van der Waals surface area contributed by atoms with E-state index in [9.17, 15) is 0 Å². The van der Waals surface area contributed by atoms with Gasteiger partial charge in [-0.15, -0.1) is 0 Å². The smallest absolute Gasteiger partial charge is 0.0995 e. The van der Waals surface area contributed by atoms with Gasteiger partial charge in [0.25, 0.3) is 0 Å². The second-order valence-corrected chi connectivity index (χ2v) is 4.39.